The Kier molecular flexibility index (Phi) is 4.28. The lowest BCUT2D eigenvalue weighted by Gasteiger charge is -2.04. The molecule has 0 atom stereocenters. The van der Waals surface area contributed by atoms with Crippen LogP contribution in [0.1, 0.15) is 13.8 Å². The number of rotatable bonds is 3. The van der Waals surface area contributed by atoms with Gasteiger partial charge in [-0.15, -0.1) is 11.8 Å². The van der Waals surface area contributed by atoms with E-state index in [0.717, 1.165) is 14.3 Å². The van der Waals surface area contributed by atoms with Crippen LogP contribution in [0.25, 0.3) is 0 Å². The van der Waals surface area contributed by atoms with Crippen LogP contribution in [0.15, 0.2) is 17.6 Å². The van der Waals surface area contributed by atoms with Gasteiger partial charge in [-0.05, 0) is 28.5 Å². The Hall–Kier alpha value is 0.160. The molecule has 1 heterocycles. The molecule has 1 aromatic heterocycles. The van der Waals surface area contributed by atoms with E-state index in [1.807, 2.05) is 6.20 Å². The van der Waals surface area contributed by atoms with Crippen molar-refractivity contribution in [3.63, 3.8) is 0 Å². The number of aromatic nitrogens is 2. The van der Waals surface area contributed by atoms with Crippen LogP contribution < -0.4 is 0 Å². The average Bonchev–Trinajstić information content (AvgIpc) is 2.03. The van der Waals surface area contributed by atoms with Crippen molar-refractivity contribution in [2.24, 2.45) is 5.92 Å². The van der Waals surface area contributed by atoms with Gasteiger partial charge in [-0.2, -0.15) is 0 Å². The van der Waals surface area contributed by atoms with Gasteiger partial charge in [0.05, 0.1) is 3.57 Å². The largest absolute Gasteiger partial charge is 0.244 e. The van der Waals surface area contributed by atoms with Crippen LogP contribution in [0, 0.1) is 9.49 Å². The van der Waals surface area contributed by atoms with Crippen molar-refractivity contribution in [2.75, 3.05) is 5.75 Å². The third kappa shape index (κ3) is 3.26. The highest BCUT2D eigenvalue weighted by Crippen LogP contribution is 2.22. The van der Waals surface area contributed by atoms with Gasteiger partial charge in [0.25, 0.3) is 0 Å². The number of nitrogens with zero attached hydrogens (tertiary/aromatic N) is 2. The molecule has 0 aliphatic heterocycles. The summed E-state index contributed by atoms with van der Waals surface area (Å²) in [6, 6.07) is 0. The van der Waals surface area contributed by atoms with E-state index in [9.17, 15) is 0 Å². The molecule has 0 saturated heterocycles. The molecule has 0 amide bonds. The van der Waals surface area contributed by atoms with Gasteiger partial charge < -0.3 is 0 Å². The van der Waals surface area contributed by atoms with Crippen LogP contribution in [0.4, 0.5) is 0 Å². The fraction of sp³-hybridized carbons (Fsp3) is 0.500. The minimum atomic E-state index is 0.709. The molecule has 0 aliphatic carbocycles. The van der Waals surface area contributed by atoms with Crippen LogP contribution in [0.3, 0.4) is 0 Å². The molecule has 12 heavy (non-hydrogen) atoms. The van der Waals surface area contributed by atoms with Crippen LogP contribution in [0.5, 0.6) is 0 Å². The van der Waals surface area contributed by atoms with Crippen molar-refractivity contribution in [1.82, 2.24) is 9.97 Å². The molecule has 0 saturated carbocycles. The summed E-state index contributed by atoms with van der Waals surface area (Å²) in [5, 5.41) is 1.10. The molecule has 0 bridgehead atoms. The van der Waals surface area contributed by atoms with Crippen molar-refractivity contribution >= 4 is 34.4 Å². The summed E-state index contributed by atoms with van der Waals surface area (Å²) in [4.78, 5) is 8.13. The maximum Gasteiger partial charge on any atom is 0.116 e. The van der Waals surface area contributed by atoms with E-state index in [4.69, 9.17) is 0 Å². The molecular formula is C8H11IN2S. The molecule has 0 aromatic carbocycles. The Labute approximate surface area is 90.7 Å². The molecule has 1 aromatic rings. The van der Waals surface area contributed by atoms with Crippen LogP contribution in [-0.4, -0.2) is 15.7 Å². The van der Waals surface area contributed by atoms with E-state index in [0.29, 0.717) is 5.92 Å². The minimum absolute atomic E-state index is 0.709. The fourth-order valence-electron chi connectivity index (χ4n) is 0.653. The standard InChI is InChI=1S/C8H11IN2S/c1-6(2)4-12-8-7(9)3-10-5-11-8/h3,5-6H,4H2,1-2H3. The van der Waals surface area contributed by atoms with Gasteiger partial charge >= 0.3 is 0 Å². The lowest BCUT2D eigenvalue weighted by molar-refractivity contribution is 0.749. The monoisotopic (exact) mass is 294 g/mol. The topological polar surface area (TPSA) is 25.8 Å². The second-order valence-electron chi connectivity index (χ2n) is 2.88. The zero-order chi connectivity index (χ0) is 8.97. The number of hydrogen-bond donors (Lipinski definition) is 0. The Morgan fingerprint density at radius 3 is 2.92 bits per heavy atom. The third-order valence-corrected chi connectivity index (χ3v) is 3.77. The molecule has 66 valence electrons. The van der Waals surface area contributed by atoms with E-state index in [1.54, 1.807) is 18.1 Å². The Morgan fingerprint density at radius 2 is 2.33 bits per heavy atom. The summed E-state index contributed by atoms with van der Waals surface area (Å²) in [5.74, 6) is 1.83. The van der Waals surface area contributed by atoms with Crippen molar-refractivity contribution in [3.8, 4) is 0 Å². The van der Waals surface area contributed by atoms with Gasteiger partial charge in [-0.1, -0.05) is 13.8 Å². The Bertz CT molecular complexity index is 253. The molecule has 0 fully saturated rings. The van der Waals surface area contributed by atoms with Gasteiger partial charge in [0.1, 0.15) is 11.4 Å². The van der Waals surface area contributed by atoms with Crippen molar-refractivity contribution < 1.29 is 0 Å². The van der Waals surface area contributed by atoms with Crippen LogP contribution in [0.2, 0.25) is 0 Å². The highest BCUT2D eigenvalue weighted by molar-refractivity contribution is 14.1. The van der Waals surface area contributed by atoms with E-state index < -0.39 is 0 Å². The van der Waals surface area contributed by atoms with Gasteiger partial charge in [-0.25, -0.2) is 9.97 Å². The lowest BCUT2D eigenvalue weighted by Crippen LogP contribution is -1.93. The first-order chi connectivity index (χ1) is 5.70. The van der Waals surface area contributed by atoms with E-state index in [-0.39, 0.29) is 0 Å². The Balaban J connectivity index is 2.57. The molecule has 1 rings (SSSR count). The normalized spacial score (nSPS) is 10.7. The molecular weight excluding hydrogens is 283 g/mol. The first-order valence-electron chi connectivity index (χ1n) is 3.78. The minimum Gasteiger partial charge on any atom is -0.244 e. The molecule has 2 nitrogen and oxygen atoms in total. The maximum absolute atomic E-state index is 4.19. The van der Waals surface area contributed by atoms with Crippen LogP contribution >= 0.6 is 34.4 Å². The van der Waals surface area contributed by atoms with Crippen molar-refractivity contribution in [3.05, 3.63) is 16.1 Å². The second-order valence-corrected chi connectivity index (χ2v) is 5.05. The maximum atomic E-state index is 4.19. The molecule has 4 heteroatoms. The van der Waals surface area contributed by atoms with E-state index in [1.165, 1.54) is 0 Å². The zero-order valence-corrected chi connectivity index (χ0v) is 10.1. The predicted molar refractivity (Wildman–Crippen MR) is 60.3 cm³/mol. The van der Waals surface area contributed by atoms with Gasteiger partial charge in [-0.3, -0.25) is 0 Å². The highest BCUT2D eigenvalue weighted by Gasteiger charge is 2.02. The summed E-state index contributed by atoms with van der Waals surface area (Å²) in [5.41, 5.74) is 0. The van der Waals surface area contributed by atoms with Gasteiger partial charge in [0, 0.05) is 11.9 Å². The lowest BCUT2D eigenvalue weighted by atomic mass is 10.3. The average molecular weight is 294 g/mol. The first-order valence-corrected chi connectivity index (χ1v) is 5.85. The molecule has 0 radical (unpaired) electrons. The summed E-state index contributed by atoms with van der Waals surface area (Å²) in [7, 11) is 0. The van der Waals surface area contributed by atoms with E-state index in [2.05, 4.69) is 46.4 Å². The van der Waals surface area contributed by atoms with Gasteiger partial charge in [0.2, 0.25) is 0 Å². The number of hydrogen-bond acceptors (Lipinski definition) is 3. The molecule has 0 unspecified atom stereocenters. The fourth-order valence-corrected chi connectivity index (χ4v) is 2.22. The van der Waals surface area contributed by atoms with Crippen LogP contribution in [-0.2, 0) is 0 Å². The number of halogens is 1. The van der Waals surface area contributed by atoms with Gasteiger partial charge in [0.15, 0.2) is 0 Å². The van der Waals surface area contributed by atoms with Crippen molar-refractivity contribution in [1.29, 1.82) is 0 Å². The first kappa shape index (κ1) is 10.2. The summed E-state index contributed by atoms with van der Waals surface area (Å²) in [6.07, 6.45) is 3.45. The molecule has 0 N–H and O–H groups in total. The quantitative estimate of drug-likeness (QED) is 0.487. The third-order valence-electron chi connectivity index (χ3n) is 1.19. The Morgan fingerprint density at radius 1 is 1.58 bits per heavy atom. The second kappa shape index (κ2) is 5.01. The molecule has 0 spiro atoms. The molecule has 0 aliphatic rings. The summed E-state index contributed by atoms with van der Waals surface area (Å²) >= 11 is 4.06. The summed E-state index contributed by atoms with van der Waals surface area (Å²) in [6.45, 7) is 4.42. The van der Waals surface area contributed by atoms with Crippen molar-refractivity contribution in [2.45, 2.75) is 18.9 Å². The zero-order valence-electron chi connectivity index (χ0n) is 7.12. The predicted octanol–water partition coefficient (Wildman–Crippen LogP) is 2.83. The number of thioether (sulfide) groups is 1. The van der Waals surface area contributed by atoms with E-state index >= 15 is 0 Å². The smallest absolute Gasteiger partial charge is 0.116 e. The highest BCUT2D eigenvalue weighted by atomic mass is 127. The SMILES string of the molecule is CC(C)CSc1ncncc1I. The summed E-state index contributed by atoms with van der Waals surface area (Å²) < 4.78 is 1.14.